The van der Waals surface area contributed by atoms with E-state index in [2.05, 4.69) is 13.0 Å². The summed E-state index contributed by atoms with van der Waals surface area (Å²) in [4.78, 5) is 13.8. The Kier molecular flexibility index (Phi) is 4.10. The Balaban J connectivity index is 2.50. The second-order valence-corrected chi connectivity index (χ2v) is 5.19. The van der Waals surface area contributed by atoms with Gasteiger partial charge in [-0.2, -0.15) is 0 Å². The lowest BCUT2D eigenvalue weighted by Crippen LogP contribution is -2.40. The van der Waals surface area contributed by atoms with Crippen molar-refractivity contribution in [2.45, 2.75) is 26.7 Å². The van der Waals surface area contributed by atoms with Gasteiger partial charge in [-0.3, -0.25) is 4.79 Å². The molecule has 104 valence electrons. The molecule has 0 aromatic heterocycles. The van der Waals surface area contributed by atoms with Gasteiger partial charge in [-0.25, -0.2) is 0 Å². The van der Waals surface area contributed by atoms with Crippen LogP contribution in [-0.2, 0) is 11.2 Å². The molecule has 0 spiro atoms. The Morgan fingerprint density at radius 1 is 1.53 bits per heavy atom. The highest BCUT2D eigenvalue weighted by molar-refractivity contribution is 5.95. The standard InChI is InChI=1S/C15H22N2O2/c1-10-4-5-14(19-3)15-13(10)8-12(6-7-16)9-17(15)11(2)18/h4-5,12H,6-9,16H2,1-3H3. The van der Waals surface area contributed by atoms with Gasteiger partial charge in [-0.05, 0) is 49.4 Å². The number of methoxy groups -OCH3 is 1. The van der Waals surface area contributed by atoms with Gasteiger partial charge in [-0.1, -0.05) is 6.07 Å². The van der Waals surface area contributed by atoms with Crippen LogP contribution in [-0.4, -0.2) is 26.1 Å². The van der Waals surface area contributed by atoms with E-state index in [1.807, 2.05) is 11.0 Å². The van der Waals surface area contributed by atoms with Crippen molar-refractivity contribution in [2.24, 2.45) is 11.7 Å². The summed E-state index contributed by atoms with van der Waals surface area (Å²) in [6.45, 7) is 5.09. The monoisotopic (exact) mass is 262 g/mol. The number of anilines is 1. The van der Waals surface area contributed by atoms with Crippen molar-refractivity contribution in [1.82, 2.24) is 0 Å². The number of aryl methyl sites for hydroxylation is 1. The summed E-state index contributed by atoms with van der Waals surface area (Å²) in [5, 5.41) is 0. The third-order valence-corrected chi connectivity index (χ3v) is 3.86. The van der Waals surface area contributed by atoms with E-state index in [4.69, 9.17) is 10.5 Å². The van der Waals surface area contributed by atoms with Crippen LogP contribution in [0.25, 0.3) is 0 Å². The molecule has 0 saturated heterocycles. The van der Waals surface area contributed by atoms with Crippen LogP contribution in [0.3, 0.4) is 0 Å². The lowest BCUT2D eigenvalue weighted by molar-refractivity contribution is -0.116. The first-order chi connectivity index (χ1) is 9.08. The zero-order valence-electron chi connectivity index (χ0n) is 11.9. The average molecular weight is 262 g/mol. The van der Waals surface area contributed by atoms with Crippen LogP contribution in [0.2, 0.25) is 0 Å². The highest BCUT2D eigenvalue weighted by Gasteiger charge is 2.30. The molecule has 1 aromatic rings. The van der Waals surface area contributed by atoms with Crippen LogP contribution in [0.15, 0.2) is 12.1 Å². The van der Waals surface area contributed by atoms with Gasteiger partial charge in [0, 0.05) is 13.5 Å². The number of carbonyl (C=O) groups excluding carboxylic acids is 1. The molecule has 1 aliphatic heterocycles. The molecule has 2 N–H and O–H groups in total. The number of rotatable bonds is 3. The van der Waals surface area contributed by atoms with E-state index in [1.54, 1.807) is 14.0 Å². The van der Waals surface area contributed by atoms with E-state index in [-0.39, 0.29) is 5.91 Å². The smallest absolute Gasteiger partial charge is 0.223 e. The van der Waals surface area contributed by atoms with Crippen LogP contribution in [0.5, 0.6) is 5.75 Å². The van der Waals surface area contributed by atoms with Gasteiger partial charge in [0.05, 0.1) is 12.8 Å². The summed E-state index contributed by atoms with van der Waals surface area (Å²) in [6, 6.07) is 3.99. The fourth-order valence-electron chi connectivity index (χ4n) is 2.85. The van der Waals surface area contributed by atoms with Crippen LogP contribution >= 0.6 is 0 Å². The number of amides is 1. The van der Waals surface area contributed by atoms with Crippen LogP contribution in [0, 0.1) is 12.8 Å². The molecule has 0 aliphatic carbocycles. The molecule has 1 heterocycles. The van der Waals surface area contributed by atoms with E-state index in [9.17, 15) is 4.79 Å². The number of ether oxygens (including phenoxy) is 1. The maximum absolute atomic E-state index is 11.9. The lowest BCUT2D eigenvalue weighted by Gasteiger charge is -2.36. The molecule has 0 saturated carbocycles. The van der Waals surface area contributed by atoms with Gasteiger partial charge >= 0.3 is 0 Å². The molecule has 1 aromatic carbocycles. The number of hydrogen-bond donors (Lipinski definition) is 1. The van der Waals surface area contributed by atoms with Crippen molar-refractivity contribution in [3.63, 3.8) is 0 Å². The highest BCUT2D eigenvalue weighted by Crippen LogP contribution is 2.40. The quantitative estimate of drug-likeness (QED) is 0.905. The first kappa shape index (κ1) is 13.9. The number of nitrogens with two attached hydrogens (primary N) is 1. The zero-order chi connectivity index (χ0) is 14.0. The van der Waals surface area contributed by atoms with Gasteiger partial charge in [0.2, 0.25) is 5.91 Å². The predicted octanol–water partition coefficient (Wildman–Crippen LogP) is 1.88. The van der Waals surface area contributed by atoms with Crippen molar-refractivity contribution in [1.29, 1.82) is 0 Å². The highest BCUT2D eigenvalue weighted by atomic mass is 16.5. The van der Waals surface area contributed by atoms with Gasteiger partial charge in [-0.15, -0.1) is 0 Å². The minimum Gasteiger partial charge on any atom is -0.495 e. The SMILES string of the molecule is COc1ccc(C)c2c1N(C(C)=O)CC(CCN)C2. The van der Waals surface area contributed by atoms with Crippen LogP contribution in [0.4, 0.5) is 5.69 Å². The van der Waals surface area contributed by atoms with Crippen molar-refractivity contribution < 1.29 is 9.53 Å². The molecule has 4 nitrogen and oxygen atoms in total. The van der Waals surface area contributed by atoms with Crippen molar-refractivity contribution >= 4 is 11.6 Å². The molecule has 1 aliphatic rings. The summed E-state index contributed by atoms with van der Waals surface area (Å²) in [7, 11) is 1.65. The summed E-state index contributed by atoms with van der Waals surface area (Å²) in [6.07, 6.45) is 1.92. The average Bonchev–Trinajstić information content (AvgIpc) is 2.39. The Morgan fingerprint density at radius 3 is 2.84 bits per heavy atom. The lowest BCUT2D eigenvalue weighted by atomic mass is 9.87. The van der Waals surface area contributed by atoms with E-state index in [0.717, 1.165) is 30.8 Å². The molecule has 19 heavy (non-hydrogen) atoms. The van der Waals surface area contributed by atoms with E-state index >= 15 is 0 Å². The molecule has 0 radical (unpaired) electrons. The van der Waals surface area contributed by atoms with Crippen molar-refractivity contribution in [2.75, 3.05) is 25.1 Å². The van der Waals surface area contributed by atoms with E-state index < -0.39 is 0 Å². The molecular weight excluding hydrogens is 240 g/mol. The minimum absolute atomic E-state index is 0.0619. The Labute approximate surface area is 114 Å². The Morgan fingerprint density at radius 2 is 2.26 bits per heavy atom. The van der Waals surface area contributed by atoms with Gasteiger partial charge < -0.3 is 15.4 Å². The maximum atomic E-state index is 11.9. The second-order valence-electron chi connectivity index (χ2n) is 5.19. The molecule has 0 bridgehead atoms. The van der Waals surface area contributed by atoms with Crippen LogP contribution < -0.4 is 15.4 Å². The van der Waals surface area contributed by atoms with Gasteiger partial charge in [0.15, 0.2) is 0 Å². The number of carbonyl (C=O) groups is 1. The topological polar surface area (TPSA) is 55.6 Å². The minimum atomic E-state index is 0.0619. The van der Waals surface area contributed by atoms with E-state index in [0.29, 0.717) is 12.5 Å². The zero-order valence-corrected chi connectivity index (χ0v) is 11.9. The fourth-order valence-corrected chi connectivity index (χ4v) is 2.85. The second kappa shape index (κ2) is 5.61. The number of nitrogens with zero attached hydrogens (tertiary/aromatic N) is 1. The largest absolute Gasteiger partial charge is 0.495 e. The molecule has 4 heteroatoms. The normalized spacial score (nSPS) is 18.1. The Bertz CT molecular complexity index is 485. The van der Waals surface area contributed by atoms with Crippen LogP contribution in [0.1, 0.15) is 24.5 Å². The first-order valence-corrected chi connectivity index (χ1v) is 6.73. The first-order valence-electron chi connectivity index (χ1n) is 6.73. The van der Waals surface area contributed by atoms with E-state index in [1.165, 1.54) is 11.1 Å². The molecule has 0 fully saturated rings. The predicted molar refractivity (Wildman–Crippen MR) is 76.6 cm³/mol. The third-order valence-electron chi connectivity index (χ3n) is 3.86. The molecule has 2 rings (SSSR count). The Hall–Kier alpha value is -1.55. The van der Waals surface area contributed by atoms with Crippen molar-refractivity contribution in [3.8, 4) is 5.75 Å². The van der Waals surface area contributed by atoms with Gasteiger partial charge in [0.1, 0.15) is 5.75 Å². The number of fused-ring (bicyclic) bond motifs is 1. The van der Waals surface area contributed by atoms with Gasteiger partial charge in [0.25, 0.3) is 0 Å². The number of benzene rings is 1. The third kappa shape index (κ3) is 2.59. The number of hydrogen-bond acceptors (Lipinski definition) is 3. The maximum Gasteiger partial charge on any atom is 0.223 e. The summed E-state index contributed by atoms with van der Waals surface area (Å²) >= 11 is 0. The van der Waals surface area contributed by atoms with Crippen molar-refractivity contribution in [3.05, 3.63) is 23.3 Å². The summed E-state index contributed by atoms with van der Waals surface area (Å²) in [5.41, 5.74) is 9.05. The summed E-state index contributed by atoms with van der Waals surface area (Å²) < 4.78 is 5.42. The molecular formula is C15H22N2O2. The molecule has 1 unspecified atom stereocenters. The molecule has 1 atom stereocenters. The summed E-state index contributed by atoms with van der Waals surface area (Å²) in [5.74, 6) is 1.28. The molecule has 1 amide bonds. The fraction of sp³-hybridized carbons (Fsp3) is 0.533.